The van der Waals surface area contributed by atoms with Crippen LogP contribution in [-0.4, -0.2) is 8.42 Å². The van der Waals surface area contributed by atoms with Crippen LogP contribution in [0.3, 0.4) is 0 Å². The maximum Gasteiger partial charge on any atom is 0.245 e. The van der Waals surface area contributed by atoms with E-state index >= 15 is 0 Å². The lowest BCUT2D eigenvalue weighted by atomic mass is 10.2. The molecule has 0 fully saturated rings. The lowest BCUT2D eigenvalue weighted by molar-refractivity contribution is 0.392. The predicted molar refractivity (Wildman–Crippen MR) is 79.5 cm³/mol. The number of benzene rings is 2. The van der Waals surface area contributed by atoms with Gasteiger partial charge in [0.25, 0.3) is 0 Å². The van der Waals surface area contributed by atoms with Crippen LogP contribution in [0, 0.1) is 23.3 Å². The average Bonchev–Trinajstić information content (AvgIpc) is 2.50. The molecule has 0 atom stereocenters. The standard InChI is InChI=1S/C13H7BrClF4NO2S/c14-8-9(16)10(17)11(18)12(19)13(8)23(21,22)20-5-6-3-1-2-4-7(6)15/h1-4,20H,5H2. The fourth-order valence-electron chi connectivity index (χ4n) is 1.71. The topological polar surface area (TPSA) is 46.2 Å². The van der Waals surface area contributed by atoms with Crippen molar-refractivity contribution in [2.24, 2.45) is 0 Å². The molecule has 3 nitrogen and oxygen atoms in total. The van der Waals surface area contributed by atoms with Gasteiger partial charge in [0.1, 0.15) is 4.90 Å². The molecule has 23 heavy (non-hydrogen) atoms. The lowest BCUT2D eigenvalue weighted by Crippen LogP contribution is -2.26. The van der Waals surface area contributed by atoms with E-state index in [1.165, 1.54) is 12.1 Å². The Bertz CT molecular complexity index is 848. The maximum absolute atomic E-state index is 13.7. The molecule has 2 aromatic carbocycles. The van der Waals surface area contributed by atoms with Crippen molar-refractivity contribution < 1.29 is 26.0 Å². The monoisotopic (exact) mass is 431 g/mol. The SMILES string of the molecule is O=S(=O)(NCc1ccccc1Cl)c1c(F)c(F)c(F)c(F)c1Br. The van der Waals surface area contributed by atoms with Crippen LogP contribution in [0.2, 0.25) is 5.02 Å². The molecule has 0 aliphatic carbocycles. The van der Waals surface area contributed by atoms with Crippen molar-refractivity contribution in [3.8, 4) is 0 Å². The molecule has 124 valence electrons. The minimum absolute atomic E-state index is 0.242. The first-order valence-corrected chi connectivity index (χ1v) is 8.56. The zero-order chi connectivity index (χ0) is 17.4. The number of hydrogen-bond acceptors (Lipinski definition) is 2. The second kappa shape index (κ2) is 6.76. The van der Waals surface area contributed by atoms with Crippen LogP contribution in [0.25, 0.3) is 0 Å². The van der Waals surface area contributed by atoms with E-state index in [0.29, 0.717) is 5.56 Å². The molecule has 0 amide bonds. The van der Waals surface area contributed by atoms with E-state index in [0.717, 1.165) is 0 Å². The van der Waals surface area contributed by atoms with Crippen molar-refractivity contribution in [1.82, 2.24) is 4.72 Å². The van der Waals surface area contributed by atoms with Gasteiger partial charge in [-0.1, -0.05) is 29.8 Å². The van der Waals surface area contributed by atoms with E-state index in [2.05, 4.69) is 15.9 Å². The molecule has 2 rings (SSSR count). The smallest absolute Gasteiger partial charge is 0.207 e. The molecule has 0 bridgehead atoms. The van der Waals surface area contributed by atoms with Gasteiger partial charge in [-0.05, 0) is 27.6 Å². The van der Waals surface area contributed by atoms with Crippen LogP contribution in [0.15, 0.2) is 33.6 Å². The quantitative estimate of drug-likeness (QED) is 0.448. The Morgan fingerprint density at radius 3 is 2.17 bits per heavy atom. The summed E-state index contributed by atoms with van der Waals surface area (Å²) in [6.45, 7) is -0.353. The minimum atomic E-state index is -4.68. The second-order valence-corrected chi connectivity index (χ2v) is 7.22. The molecular weight excluding hydrogens is 426 g/mol. The van der Waals surface area contributed by atoms with Gasteiger partial charge in [-0.25, -0.2) is 30.7 Å². The van der Waals surface area contributed by atoms with Crippen molar-refractivity contribution in [2.75, 3.05) is 0 Å². The largest absolute Gasteiger partial charge is 0.245 e. The van der Waals surface area contributed by atoms with E-state index in [-0.39, 0.29) is 11.6 Å². The van der Waals surface area contributed by atoms with E-state index in [1.54, 1.807) is 12.1 Å². The third-order valence-corrected chi connectivity index (χ3v) is 5.67. The Kier molecular flexibility index (Phi) is 5.34. The van der Waals surface area contributed by atoms with Crippen molar-refractivity contribution in [1.29, 1.82) is 0 Å². The average molecular weight is 433 g/mol. The van der Waals surface area contributed by atoms with Crippen LogP contribution in [0.4, 0.5) is 17.6 Å². The van der Waals surface area contributed by atoms with Crippen molar-refractivity contribution in [3.05, 3.63) is 62.6 Å². The maximum atomic E-state index is 13.7. The van der Waals surface area contributed by atoms with Crippen molar-refractivity contribution in [3.63, 3.8) is 0 Å². The first-order chi connectivity index (χ1) is 10.7. The number of halogens is 6. The zero-order valence-corrected chi connectivity index (χ0v) is 14.2. The van der Waals surface area contributed by atoms with Crippen molar-refractivity contribution >= 4 is 37.6 Å². The third-order valence-electron chi connectivity index (χ3n) is 2.85. The van der Waals surface area contributed by atoms with E-state index in [4.69, 9.17) is 11.6 Å². The molecular formula is C13H7BrClF4NO2S. The molecule has 2 aromatic rings. The Hall–Kier alpha value is -1.16. The second-order valence-electron chi connectivity index (χ2n) is 4.31. The Morgan fingerprint density at radius 1 is 1.00 bits per heavy atom. The first-order valence-electron chi connectivity index (χ1n) is 5.91. The van der Waals surface area contributed by atoms with Crippen LogP contribution < -0.4 is 4.72 Å². The Morgan fingerprint density at radius 2 is 1.57 bits per heavy atom. The van der Waals surface area contributed by atoms with Gasteiger partial charge in [0, 0.05) is 11.6 Å². The summed E-state index contributed by atoms with van der Waals surface area (Å²) < 4.78 is 78.6. The van der Waals surface area contributed by atoms with Gasteiger partial charge in [0.2, 0.25) is 10.0 Å². The molecule has 0 aromatic heterocycles. The molecule has 0 heterocycles. The summed E-state index contributed by atoms with van der Waals surface area (Å²) in [5, 5.41) is 0.242. The molecule has 1 N–H and O–H groups in total. The minimum Gasteiger partial charge on any atom is -0.207 e. The van der Waals surface area contributed by atoms with Crippen molar-refractivity contribution in [2.45, 2.75) is 11.4 Å². The van der Waals surface area contributed by atoms with Gasteiger partial charge < -0.3 is 0 Å². The molecule has 0 unspecified atom stereocenters. The number of sulfonamides is 1. The van der Waals surface area contributed by atoms with Crippen LogP contribution in [0.5, 0.6) is 0 Å². The molecule has 10 heteroatoms. The summed E-state index contributed by atoms with van der Waals surface area (Å²) >= 11 is 8.27. The van der Waals surface area contributed by atoms with Gasteiger partial charge in [-0.3, -0.25) is 0 Å². The summed E-state index contributed by atoms with van der Waals surface area (Å²) in [6, 6.07) is 6.20. The van der Waals surface area contributed by atoms with Gasteiger partial charge >= 0.3 is 0 Å². The normalized spacial score (nSPS) is 11.7. The number of rotatable bonds is 4. The molecule has 0 radical (unpaired) electrons. The lowest BCUT2D eigenvalue weighted by Gasteiger charge is -2.12. The highest BCUT2D eigenvalue weighted by Gasteiger charge is 2.31. The highest BCUT2D eigenvalue weighted by atomic mass is 79.9. The van der Waals surface area contributed by atoms with Gasteiger partial charge in [-0.2, -0.15) is 0 Å². The summed E-state index contributed by atoms with van der Waals surface area (Å²) in [5.74, 6) is -8.20. The van der Waals surface area contributed by atoms with Gasteiger partial charge in [0.15, 0.2) is 23.3 Å². The third kappa shape index (κ3) is 3.52. The molecule has 0 aliphatic rings. The first kappa shape index (κ1) is 18.2. The predicted octanol–water partition coefficient (Wildman–Crippen LogP) is 4.14. The number of nitrogens with one attached hydrogen (secondary N) is 1. The van der Waals surface area contributed by atoms with E-state index in [1.807, 2.05) is 4.72 Å². The van der Waals surface area contributed by atoms with Crippen LogP contribution in [-0.2, 0) is 16.6 Å². The fraction of sp³-hybridized carbons (Fsp3) is 0.0769. The highest BCUT2D eigenvalue weighted by Crippen LogP contribution is 2.32. The Labute approximate surface area is 142 Å². The molecule has 0 spiro atoms. The van der Waals surface area contributed by atoms with E-state index in [9.17, 15) is 26.0 Å². The van der Waals surface area contributed by atoms with E-state index < -0.39 is 42.7 Å². The Balaban J connectivity index is 2.43. The summed E-state index contributed by atoms with van der Waals surface area (Å²) in [6.07, 6.45) is 0. The summed E-state index contributed by atoms with van der Waals surface area (Å²) in [7, 11) is -4.68. The number of hydrogen-bond donors (Lipinski definition) is 1. The highest BCUT2D eigenvalue weighted by molar-refractivity contribution is 9.10. The molecule has 0 saturated heterocycles. The molecule has 0 aliphatic heterocycles. The van der Waals surface area contributed by atoms with Gasteiger partial charge in [0.05, 0.1) is 4.47 Å². The van der Waals surface area contributed by atoms with Crippen LogP contribution in [0.1, 0.15) is 5.56 Å². The summed E-state index contributed by atoms with van der Waals surface area (Å²) in [4.78, 5) is -1.36. The summed E-state index contributed by atoms with van der Waals surface area (Å²) in [5.41, 5.74) is 0.359. The fourth-order valence-corrected chi connectivity index (χ4v) is 4.04. The zero-order valence-electron chi connectivity index (χ0n) is 11.0. The van der Waals surface area contributed by atoms with Crippen LogP contribution >= 0.6 is 27.5 Å². The molecule has 0 saturated carbocycles. The van der Waals surface area contributed by atoms with Gasteiger partial charge in [-0.15, -0.1) is 0 Å².